The van der Waals surface area contributed by atoms with Gasteiger partial charge in [0, 0.05) is 153 Å². The van der Waals surface area contributed by atoms with Crippen LogP contribution in [0.2, 0.25) is 0 Å². The number of aromatic nitrogens is 12. The first-order chi connectivity index (χ1) is 68.4. The number of furan rings is 2. The third kappa shape index (κ3) is 14.5. The lowest BCUT2D eigenvalue weighted by atomic mass is 10.0. The van der Waals surface area contributed by atoms with E-state index in [9.17, 15) is 0 Å². The van der Waals surface area contributed by atoms with Crippen LogP contribution in [0.5, 0.6) is 0 Å². The molecule has 0 fully saturated rings. The third-order valence-corrected chi connectivity index (χ3v) is 27.1. The Morgan fingerprint density at radius 1 is 0.145 bits per heavy atom. The van der Waals surface area contributed by atoms with Gasteiger partial charge in [-0.3, -0.25) is 0 Å². The molecule has 0 atom stereocenters. The highest BCUT2D eigenvalue weighted by molar-refractivity contribution is 7.25. The van der Waals surface area contributed by atoms with Crippen LogP contribution >= 0.6 is 11.3 Å². The summed E-state index contributed by atoms with van der Waals surface area (Å²) in [6, 6.07) is 159. The summed E-state index contributed by atoms with van der Waals surface area (Å²) in [5, 5.41) is 14.4. The van der Waals surface area contributed by atoms with E-state index < -0.39 is 0 Å². The van der Waals surface area contributed by atoms with Crippen LogP contribution < -0.4 is 0 Å². The van der Waals surface area contributed by atoms with Crippen molar-refractivity contribution in [2.24, 2.45) is 0 Å². The molecule has 138 heavy (non-hydrogen) atoms. The molecule has 0 radical (unpaired) electrons. The molecule has 0 bridgehead atoms. The van der Waals surface area contributed by atoms with E-state index in [-0.39, 0.29) is 0 Å². The summed E-state index contributed by atoms with van der Waals surface area (Å²) in [7, 11) is 0. The molecule has 9 aromatic heterocycles. The minimum absolute atomic E-state index is 0.625. The van der Waals surface area contributed by atoms with Gasteiger partial charge in [-0.2, -0.15) is 0 Å². The minimum atomic E-state index is 0.625. The zero-order valence-electron chi connectivity index (χ0n) is 74.0. The lowest BCUT2D eigenvalue weighted by Gasteiger charge is -2.11. The van der Waals surface area contributed by atoms with Crippen molar-refractivity contribution in [2.75, 3.05) is 0 Å². The summed E-state index contributed by atoms with van der Waals surface area (Å²) >= 11 is 1.85. The third-order valence-electron chi connectivity index (χ3n) is 26.0. The zero-order valence-corrected chi connectivity index (χ0v) is 74.8. The SMILES string of the molecule is c1ccc(-c2ccc(-c3nc(-c4ccccc4)nc(-c4ccc(-n5c6ccccc6c6cc7c(cc65)sc5ccccc57)cc4)n3)cc2)cc1.c1ccc(-c2nc(-c3ccccc3)nc(-c3ccc(-n4c5ccccc5c5cc6c(cc54)oc4ccccc46)cc3)n2)cc1.c1ccc(-c2nc(-c3ccccc3)nc(-c3cccc(-n4c5ccccc5c5cc6c(cc54)oc4ccccc46)c3)n2)cc1. The maximum absolute atomic E-state index is 6.31. The topological polar surface area (TPSA) is 157 Å². The minimum Gasteiger partial charge on any atom is -0.456 e. The van der Waals surface area contributed by atoms with Gasteiger partial charge < -0.3 is 22.5 Å². The van der Waals surface area contributed by atoms with Gasteiger partial charge in [0.05, 0.1) is 33.1 Å². The summed E-state index contributed by atoms with van der Waals surface area (Å²) in [4.78, 5) is 44.4. The van der Waals surface area contributed by atoms with Gasteiger partial charge in [-0.05, 0) is 132 Å². The lowest BCUT2D eigenvalue weighted by molar-refractivity contribution is 0.669. The van der Waals surface area contributed by atoms with Crippen molar-refractivity contribution in [3.8, 4) is 131 Å². The van der Waals surface area contributed by atoms with Gasteiger partial charge in [-0.1, -0.05) is 328 Å². The van der Waals surface area contributed by atoms with E-state index in [2.05, 4.69) is 293 Å². The predicted octanol–water partition coefficient (Wildman–Crippen LogP) is 31.7. The van der Waals surface area contributed by atoms with E-state index in [1.807, 2.05) is 193 Å². The average molecular weight is 1790 g/mol. The van der Waals surface area contributed by atoms with Crippen molar-refractivity contribution in [1.82, 2.24) is 58.6 Å². The second-order valence-corrected chi connectivity index (χ2v) is 35.4. The van der Waals surface area contributed by atoms with E-state index in [4.69, 9.17) is 53.7 Å². The maximum atomic E-state index is 6.31. The van der Waals surface area contributed by atoms with Gasteiger partial charge in [-0.15, -0.1) is 11.3 Å². The quantitative estimate of drug-likeness (QED) is 0.108. The summed E-state index contributed by atoms with van der Waals surface area (Å²) in [6.07, 6.45) is 0. The highest BCUT2D eigenvalue weighted by atomic mass is 32.1. The van der Waals surface area contributed by atoms with Crippen LogP contribution in [0.1, 0.15) is 0 Å². The van der Waals surface area contributed by atoms with Gasteiger partial charge in [0.25, 0.3) is 0 Å². The van der Waals surface area contributed by atoms with Crippen molar-refractivity contribution in [3.05, 3.63) is 461 Å². The van der Waals surface area contributed by atoms with Crippen LogP contribution in [0.25, 0.3) is 260 Å². The van der Waals surface area contributed by atoms with E-state index >= 15 is 0 Å². The number of hydrogen-bond donors (Lipinski definition) is 0. The van der Waals surface area contributed by atoms with Gasteiger partial charge in [0.15, 0.2) is 52.4 Å². The Morgan fingerprint density at radius 2 is 0.413 bits per heavy atom. The number of rotatable bonds is 13. The van der Waals surface area contributed by atoms with E-state index in [1.54, 1.807) is 0 Å². The number of thiophene rings is 1. The fourth-order valence-electron chi connectivity index (χ4n) is 19.4. The smallest absolute Gasteiger partial charge is 0.164 e. The van der Waals surface area contributed by atoms with Crippen LogP contribution in [-0.4, -0.2) is 58.6 Å². The molecule has 0 saturated heterocycles. The molecule has 0 amide bonds. The highest BCUT2D eigenvalue weighted by Crippen LogP contribution is 2.45. The number of para-hydroxylation sites is 5. The number of fused-ring (bicyclic) bond motifs is 18. The Labute approximate surface area is 794 Å². The molecule has 28 aromatic rings. The molecular weight excluding hydrogens is 1710 g/mol. The highest BCUT2D eigenvalue weighted by Gasteiger charge is 2.24. The van der Waals surface area contributed by atoms with Crippen LogP contribution in [0, 0.1) is 0 Å². The Balaban J connectivity index is 0.000000107. The molecule has 646 valence electrons. The zero-order chi connectivity index (χ0) is 91.1. The fraction of sp³-hybridized carbons (Fsp3) is 0. The van der Waals surface area contributed by atoms with Gasteiger partial charge in [0.2, 0.25) is 0 Å². The lowest BCUT2D eigenvalue weighted by Crippen LogP contribution is -2.01. The number of benzene rings is 19. The van der Waals surface area contributed by atoms with E-state index in [0.29, 0.717) is 52.4 Å². The molecule has 0 aliphatic carbocycles. The molecule has 0 N–H and O–H groups in total. The standard InChI is InChI=1S/C45H28N4S.2C39H24N4O/c1-3-11-29(12-4-1)30-19-21-32(22-20-30)44-46-43(31-13-5-2-6-14-31)47-45(48-44)33-23-25-34(26-24-33)49-39-17-9-7-15-35(39)37-27-38-36-16-8-10-18-41(36)50-42(38)28-40(37)49;1-3-12-25(13-4-1)37-40-38(26-14-5-2-6-15-26)42-39(41-37)27-16-11-17-28(22-27)43-33-20-9-7-18-29(33)31-23-32-30-19-8-10-21-35(30)44-36(32)24-34(31)43;1-3-11-25(12-4-1)37-40-38(26-13-5-2-6-14-26)42-39(41-37)27-19-21-28(22-20-27)43-33-17-9-7-15-29(33)31-23-32-30-16-8-10-18-35(30)44-36(32)24-34(31)43/h1-28H;2*1-24H. The van der Waals surface area contributed by atoms with Crippen molar-refractivity contribution < 1.29 is 8.83 Å². The van der Waals surface area contributed by atoms with E-state index in [0.717, 1.165) is 139 Å². The molecule has 9 heterocycles. The summed E-state index contributed by atoms with van der Waals surface area (Å²) in [5.74, 6) is 5.78. The van der Waals surface area contributed by atoms with Crippen LogP contribution in [-0.2, 0) is 0 Å². The Hall–Kier alpha value is -18.6. The second kappa shape index (κ2) is 33.9. The van der Waals surface area contributed by atoms with Crippen LogP contribution in [0.3, 0.4) is 0 Å². The molecule has 0 unspecified atom stereocenters. The summed E-state index contributed by atoms with van der Waals surface area (Å²) in [5.41, 5.74) is 24.3. The van der Waals surface area contributed by atoms with Gasteiger partial charge in [-0.25, -0.2) is 44.9 Å². The van der Waals surface area contributed by atoms with Gasteiger partial charge in [0.1, 0.15) is 22.3 Å². The Bertz CT molecular complexity index is 9450. The van der Waals surface area contributed by atoms with Gasteiger partial charge >= 0.3 is 0 Å². The molecule has 28 rings (SSSR count). The normalized spacial score (nSPS) is 11.6. The number of nitrogens with zero attached hydrogens (tertiary/aromatic N) is 12. The molecule has 15 heteroatoms. The monoisotopic (exact) mass is 1780 g/mol. The van der Waals surface area contributed by atoms with E-state index in [1.165, 1.54) is 69.1 Å². The first kappa shape index (κ1) is 80.3. The van der Waals surface area contributed by atoms with Crippen LogP contribution in [0.4, 0.5) is 0 Å². The Morgan fingerprint density at radius 3 is 0.797 bits per heavy atom. The van der Waals surface area contributed by atoms with Crippen molar-refractivity contribution in [2.45, 2.75) is 0 Å². The number of hydrogen-bond acceptors (Lipinski definition) is 12. The summed E-state index contributed by atoms with van der Waals surface area (Å²) < 4.78 is 22.2. The molecule has 0 spiro atoms. The van der Waals surface area contributed by atoms with Crippen molar-refractivity contribution in [1.29, 1.82) is 0 Å². The molecule has 0 aliphatic heterocycles. The first-order valence-corrected chi connectivity index (χ1v) is 46.8. The average Bonchev–Trinajstić information content (AvgIpc) is 1.58. The van der Waals surface area contributed by atoms with Crippen molar-refractivity contribution in [3.63, 3.8) is 0 Å². The molecule has 14 nitrogen and oxygen atoms in total. The molecule has 19 aromatic carbocycles. The van der Waals surface area contributed by atoms with Crippen molar-refractivity contribution >= 4 is 141 Å². The first-order valence-electron chi connectivity index (χ1n) is 45.9. The predicted molar refractivity (Wildman–Crippen MR) is 564 cm³/mol. The fourth-order valence-corrected chi connectivity index (χ4v) is 20.5. The maximum Gasteiger partial charge on any atom is 0.164 e. The molecular formula is C123H76N12O2S. The Kier molecular flexibility index (Phi) is 19.7. The summed E-state index contributed by atoms with van der Waals surface area (Å²) in [6.45, 7) is 0. The second-order valence-electron chi connectivity index (χ2n) is 34.3. The molecule has 0 saturated carbocycles. The molecule has 0 aliphatic rings. The van der Waals surface area contributed by atoms with Crippen LogP contribution in [0.15, 0.2) is 470 Å². The largest absolute Gasteiger partial charge is 0.456 e.